The van der Waals surface area contributed by atoms with Gasteiger partial charge in [0, 0.05) is 6.42 Å². The molecule has 4 atom stereocenters. The van der Waals surface area contributed by atoms with Crippen LogP contribution in [0.1, 0.15) is 26.7 Å². The summed E-state index contributed by atoms with van der Waals surface area (Å²) >= 11 is 0. The van der Waals surface area contributed by atoms with Crippen LogP contribution in [0.2, 0.25) is 0 Å². The molecule has 19 heavy (non-hydrogen) atoms. The maximum absolute atomic E-state index is 11.8. The van der Waals surface area contributed by atoms with Gasteiger partial charge >= 0.3 is 11.9 Å². The molecule has 2 saturated heterocycles. The van der Waals surface area contributed by atoms with Gasteiger partial charge < -0.3 is 18.9 Å². The summed E-state index contributed by atoms with van der Waals surface area (Å²) in [6.45, 7) is 4.13. The van der Waals surface area contributed by atoms with Crippen LogP contribution in [0.4, 0.5) is 0 Å². The summed E-state index contributed by atoms with van der Waals surface area (Å²) in [5.74, 6) is -2.02. The minimum Gasteiger partial charge on any atom is -0.469 e. The van der Waals surface area contributed by atoms with Gasteiger partial charge in [0.1, 0.15) is 12.0 Å². The third kappa shape index (κ3) is 2.47. The Morgan fingerprint density at radius 1 is 1.21 bits per heavy atom. The molecular formula is C13H20O6. The lowest BCUT2D eigenvalue weighted by molar-refractivity contribution is -0.162. The Hall–Kier alpha value is -1.14. The van der Waals surface area contributed by atoms with Gasteiger partial charge in [-0.25, -0.2) is 4.79 Å². The number of carbonyl (C=O) groups is 2. The van der Waals surface area contributed by atoms with Crippen molar-refractivity contribution >= 4 is 11.9 Å². The molecule has 0 aromatic rings. The summed E-state index contributed by atoms with van der Waals surface area (Å²) in [5, 5.41) is 0. The summed E-state index contributed by atoms with van der Waals surface area (Å²) in [6, 6.07) is 0. The minimum absolute atomic E-state index is 0.161. The van der Waals surface area contributed by atoms with Crippen molar-refractivity contribution in [2.75, 3.05) is 14.2 Å². The van der Waals surface area contributed by atoms with Gasteiger partial charge in [0.05, 0.1) is 14.2 Å². The molecule has 2 aliphatic rings. The first-order valence-electron chi connectivity index (χ1n) is 6.46. The number of methoxy groups -OCH3 is 2. The molecule has 0 amide bonds. The Bertz CT molecular complexity index is 379. The van der Waals surface area contributed by atoms with Gasteiger partial charge in [0.2, 0.25) is 5.79 Å². The zero-order valence-corrected chi connectivity index (χ0v) is 11.7. The quantitative estimate of drug-likeness (QED) is 0.558. The van der Waals surface area contributed by atoms with Crippen molar-refractivity contribution in [2.24, 2.45) is 11.8 Å². The Morgan fingerprint density at radius 2 is 1.84 bits per heavy atom. The molecule has 2 fully saturated rings. The van der Waals surface area contributed by atoms with Crippen LogP contribution in [0, 0.1) is 11.8 Å². The fourth-order valence-electron chi connectivity index (χ4n) is 2.65. The van der Waals surface area contributed by atoms with Gasteiger partial charge in [-0.05, 0) is 12.3 Å². The molecule has 108 valence electrons. The van der Waals surface area contributed by atoms with Crippen LogP contribution in [0.15, 0.2) is 0 Å². The Labute approximate surface area is 112 Å². The number of rotatable bonds is 4. The van der Waals surface area contributed by atoms with Crippen molar-refractivity contribution < 1.29 is 28.5 Å². The van der Waals surface area contributed by atoms with E-state index in [1.54, 1.807) is 0 Å². The predicted molar refractivity (Wildman–Crippen MR) is 64.1 cm³/mol. The zero-order chi connectivity index (χ0) is 14.2. The molecule has 6 heteroatoms. The number of ether oxygens (including phenoxy) is 4. The Morgan fingerprint density at radius 3 is 2.37 bits per heavy atom. The summed E-state index contributed by atoms with van der Waals surface area (Å²) in [4.78, 5) is 23.4. The number of carbonyl (C=O) groups excluding carboxylic acids is 2. The van der Waals surface area contributed by atoms with E-state index in [1.807, 2.05) is 0 Å². The molecule has 2 rings (SSSR count). The fraction of sp³-hybridized carbons (Fsp3) is 0.846. The van der Waals surface area contributed by atoms with E-state index in [0.29, 0.717) is 5.92 Å². The van der Waals surface area contributed by atoms with Crippen LogP contribution in [0.3, 0.4) is 0 Å². The van der Waals surface area contributed by atoms with E-state index < -0.39 is 29.7 Å². The third-order valence-electron chi connectivity index (χ3n) is 3.62. The summed E-state index contributed by atoms with van der Waals surface area (Å²) in [5.41, 5.74) is 0. The molecule has 0 N–H and O–H groups in total. The average Bonchev–Trinajstić information content (AvgIpc) is 2.88. The van der Waals surface area contributed by atoms with Gasteiger partial charge in [-0.1, -0.05) is 13.8 Å². The fourth-order valence-corrected chi connectivity index (χ4v) is 2.65. The summed E-state index contributed by atoms with van der Waals surface area (Å²) < 4.78 is 20.7. The number of esters is 2. The lowest BCUT2D eigenvalue weighted by Crippen LogP contribution is -2.31. The second kappa shape index (κ2) is 5.09. The van der Waals surface area contributed by atoms with E-state index in [-0.39, 0.29) is 12.5 Å². The highest BCUT2D eigenvalue weighted by molar-refractivity contribution is 5.80. The summed E-state index contributed by atoms with van der Waals surface area (Å²) in [7, 11) is 2.62. The molecule has 0 aliphatic carbocycles. The molecule has 1 spiro atoms. The molecule has 0 aromatic heterocycles. The highest BCUT2D eigenvalue weighted by atomic mass is 16.8. The predicted octanol–water partition coefficient (Wildman–Crippen LogP) is 0.879. The van der Waals surface area contributed by atoms with Crippen molar-refractivity contribution in [3.63, 3.8) is 0 Å². The first kappa shape index (κ1) is 14.3. The van der Waals surface area contributed by atoms with E-state index in [1.165, 1.54) is 14.2 Å². The molecule has 0 radical (unpaired) electrons. The van der Waals surface area contributed by atoms with Crippen LogP contribution in [-0.4, -0.2) is 44.2 Å². The van der Waals surface area contributed by atoms with Gasteiger partial charge in [0.25, 0.3) is 0 Å². The second-order valence-corrected chi connectivity index (χ2v) is 5.40. The molecule has 2 heterocycles. The van der Waals surface area contributed by atoms with E-state index in [4.69, 9.17) is 14.2 Å². The van der Waals surface area contributed by atoms with Crippen molar-refractivity contribution in [2.45, 2.75) is 44.7 Å². The van der Waals surface area contributed by atoms with Crippen LogP contribution < -0.4 is 0 Å². The second-order valence-electron chi connectivity index (χ2n) is 5.40. The zero-order valence-electron chi connectivity index (χ0n) is 11.7. The average molecular weight is 272 g/mol. The van der Waals surface area contributed by atoms with Gasteiger partial charge in [-0.15, -0.1) is 0 Å². The van der Waals surface area contributed by atoms with E-state index >= 15 is 0 Å². The summed E-state index contributed by atoms with van der Waals surface area (Å²) in [6.07, 6.45) is 0.104. The Balaban J connectivity index is 2.12. The van der Waals surface area contributed by atoms with Crippen molar-refractivity contribution in [3.05, 3.63) is 0 Å². The molecule has 0 aromatic carbocycles. The lowest BCUT2D eigenvalue weighted by Gasteiger charge is -2.13. The molecule has 0 saturated carbocycles. The maximum Gasteiger partial charge on any atom is 0.335 e. The van der Waals surface area contributed by atoms with Crippen LogP contribution in [-0.2, 0) is 28.5 Å². The number of epoxide rings is 1. The van der Waals surface area contributed by atoms with Gasteiger partial charge in [0.15, 0.2) is 6.10 Å². The molecule has 2 aliphatic heterocycles. The SMILES string of the molecule is COC(=O)[C@H]1C[C@@H](C(=O)OC)[C@]2(OC2CC(C)C)O1. The molecule has 1 unspecified atom stereocenters. The van der Waals surface area contributed by atoms with Crippen LogP contribution >= 0.6 is 0 Å². The van der Waals surface area contributed by atoms with Crippen LogP contribution in [0.5, 0.6) is 0 Å². The smallest absolute Gasteiger partial charge is 0.335 e. The third-order valence-corrected chi connectivity index (χ3v) is 3.62. The molecule has 6 nitrogen and oxygen atoms in total. The standard InChI is InChI=1S/C13H20O6/c1-7(2)5-10-13(19-10)8(11(14)16-3)6-9(18-13)12(15)17-4/h7-10H,5-6H2,1-4H3/t8-,9+,10?,13+/m0/s1. The van der Waals surface area contributed by atoms with Gasteiger partial charge in [-0.2, -0.15) is 0 Å². The largest absolute Gasteiger partial charge is 0.469 e. The monoisotopic (exact) mass is 272 g/mol. The van der Waals surface area contributed by atoms with Crippen LogP contribution in [0.25, 0.3) is 0 Å². The maximum atomic E-state index is 11.8. The number of hydrogen-bond donors (Lipinski definition) is 0. The first-order valence-corrected chi connectivity index (χ1v) is 6.46. The van der Waals surface area contributed by atoms with E-state index in [9.17, 15) is 9.59 Å². The van der Waals surface area contributed by atoms with Crippen molar-refractivity contribution in [1.82, 2.24) is 0 Å². The highest BCUT2D eigenvalue weighted by Crippen LogP contribution is 2.54. The topological polar surface area (TPSA) is 74.4 Å². The molecule has 0 bridgehead atoms. The minimum atomic E-state index is -0.990. The van der Waals surface area contributed by atoms with Crippen molar-refractivity contribution in [3.8, 4) is 0 Å². The number of hydrogen-bond acceptors (Lipinski definition) is 6. The van der Waals surface area contributed by atoms with Crippen molar-refractivity contribution in [1.29, 1.82) is 0 Å². The van der Waals surface area contributed by atoms with E-state index in [2.05, 4.69) is 18.6 Å². The molecular weight excluding hydrogens is 252 g/mol. The van der Waals surface area contributed by atoms with E-state index in [0.717, 1.165) is 6.42 Å². The first-order chi connectivity index (χ1) is 8.94. The Kier molecular flexibility index (Phi) is 3.82. The highest BCUT2D eigenvalue weighted by Gasteiger charge is 2.71. The lowest BCUT2D eigenvalue weighted by atomic mass is 9.94. The normalized spacial score (nSPS) is 36.6. The van der Waals surface area contributed by atoms with Gasteiger partial charge in [-0.3, -0.25) is 4.79 Å².